The molecule has 0 saturated carbocycles. The highest BCUT2D eigenvalue weighted by atomic mass is 32.2. The number of imide groups is 1. The van der Waals surface area contributed by atoms with Gasteiger partial charge in [-0.1, -0.05) is 47.9 Å². The molecule has 0 aliphatic carbocycles. The van der Waals surface area contributed by atoms with Crippen LogP contribution in [0.2, 0.25) is 0 Å². The second-order valence-electron chi connectivity index (χ2n) is 5.77. The molecule has 28 heavy (non-hydrogen) atoms. The molecule has 2 aliphatic rings. The van der Waals surface area contributed by atoms with E-state index in [2.05, 4.69) is 5.32 Å². The molecule has 0 aromatic heterocycles. The Morgan fingerprint density at radius 3 is 2.57 bits per heavy atom. The minimum Gasteiger partial charge on any atom is -0.353 e. The van der Waals surface area contributed by atoms with Gasteiger partial charge in [-0.15, -0.1) is 0 Å². The van der Waals surface area contributed by atoms with E-state index in [0.29, 0.717) is 10.5 Å². The molecule has 2 heterocycles. The van der Waals surface area contributed by atoms with Gasteiger partial charge in [-0.25, -0.2) is 4.39 Å². The summed E-state index contributed by atoms with van der Waals surface area (Å²) in [6.07, 6.45) is 1.58. The largest absolute Gasteiger partial charge is 0.353 e. The van der Waals surface area contributed by atoms with E-state index in [1.54, 1.807) is 6.08 Å². The third kappa shape index (κ3) is 4.78. The quantitative estimate of drug-likeness (QED) is 0.535. The normalized spacial score (nSPS) is 18.5. The lowest BCUT2D eigenvalue weighted by Crippen LogP contribution is -2.42. The van der Waals surface area contributed by atoms with Crippen LogP contribution in [0.15, 0.2) is 29.2 Å². The first-order chi connectivity index (χ1) is 13.3. The zero-order valence-corrected chi connectivity index (χ0v) is 16.8. The summed E-state index contributed by atoms with van der Waals surface area (Å²) in [5.74, 6) is -1.41. The summed E-state index contributed by atoms with van der Waals surface area (Å²) >= 11 is 7.16. The van der Waals surface area contributed by atoms with Crippen molar-refractivity contribution in [2.75, 3.05) is 25.4 Å². The minimum absolute atomic E-state index is 0.0826. The molecule has 1 aromatic carbocycles. The molecule has 2 fully saturated rings. The number of carbonyl (C=O) groups is 4. The van der Waals surface area contributed by atoms with Crippen molar-refractivity contribution in [3.05, 3.63) is 40.6 Å². The highest BCUT2D eigenvalue weighted by molar-refractivity contribution is 8.26. The lowest BCUT2D eigenvalue weighted by atomic mass is 10.2. The van der Waals surface area contributed by atoms with Gasteiger partial charge in [0.25, 0.3) is 11.1 Å². The Morgan fingerprint density at radius 2 is 1.93 bits per heavy atom. The highest BCUT2D eigenvalue weighted by Crippen LogP contribution is 2.32. The molecule has 1 N–H and O–H groups in total. The van der Waals surface area contributed by atoms with Gasteiger partial charge >= 0.3 is 0 Å². The lowest BCUT2D eigenvalue weighted by molar-refractivity contribution is -0.129. The maximum Gasteiger partial charge on any atom is 0.288 e. The minimum atomic E-state index is -0.453. The van der Waals surface area contributed by atoms with E-state index in [0.717, 1.165) is 28.4 Å². The predicted molar refractivity (Wildman–Crippen MR) is 109 cm³/mol. The molecule has 1 aromatic rings. The lowest BCUT2D eigenvalue weighted by Gasteiger charge is -2.16. The summed E-state index contributed by atoms with van der Waals surface area (Å²) in [5, 5.41) is 2.24. The fraction of sp³-hybridized carbons (Fsp3) is 0.235. The third-order valence-corrected chi connectivity index (χ3v) is 6.08. The number of carbonyl (C=O) groups excluding carboxylic acids is 4. The third-order valence-electron chi connectivity index (χ3n) is 3.84. The Labute approximate surface area is 173 Å². The maximum absolute atomic E-state index is 13.0. The van der Waals surface area contributed by atoms with Crippen molar-refractivity contribution in [3.8, 4) is 0 Å². The van der Waals surface area contributed by atoms with Gasteiger partial charge in [-0.2, -0.15) is 0 Å². The number of halogens is 1. The Morgan fingerprint density at radius 1 is 1.21 bits per heavy atom. The first kappa shape index (κ1) is 20.5. The second kappa shape index (κ2) is 8.84. The number of rotatable bonds is 6. The standard InChI is InChI=1S/C17H14FN3O4S3/c18-11-3-1-10(2-4-11)7-12-15(24)21(17(26)28-12)8-13(22)19-5-6-20-14(23)9-27-16(20)25/h1-4,7H,5-6,8-9H2,(H,19,22). The van der Waals surface area contributed by atoms with Crippen LogP contribution in [0.1, 0.15) is 5.56 Å². The van der Waals surface area contributed by atoms with Crippen molar-refractivity contribution in [2.24, 2.45) is 0 Å². The van der Waals surface area contributed by atoms with Gasteiger partial charge in [-0.05, 0) is 23.8 Å². The van der Waals surface area contributed by atoms with Gasteiger partial charge in [0.05, 0.1) is 10.7 Å². The van der Waals surface area contributed by atoms with Crippen molar-refractivity contribution in [1.82, 2.24) is 15.1 Å². The van der Waals surface area contributed by atoms with E-state index in [-0.39, 0.29) is 46.7 Å². The number of thiocarbonyl (C=S) groups is 1. The smallest absolute Gasteiger partial charge is 0.288 e. The molecule has 0 unspecified atom stereocenters. The number of nitrogens with zero attached hydrogens (tertiary/aromatic N) is 2. The predicted octanol–water partition coefficient (Wildman–Crippen LogP) is 1.84. The fourth-order valence-electron chi connectivity index (χ4n) is 2.45. The topological polar surface area (TPSA) is 86.8 Å². The number of amides is 4. The number of thioether (sulfide) groups is 2. The van der Waals surface area contributed by atoms with Gasteiger partial charge in [0.1, 0.15) is 16.7 Å². The number of hydrogen-bond donors (Lipinski definition) is 1. The van der Waals surface area contributed by atoms with Gasteiger partial charge in [0, 0.05) is 13.1 Å². The summed E-state index contributed by atoms with van der Waals surface area (Å²) in [7, 11) is 0. The van der Waals surface area contributed by atoms with Crippen molar-refractivity contribution in [3.63, 3.8) is 0 Å². The van der Waals surface area contributed by atoms with Crippen LogP contribution in [0.5, 0.6) is 0 Å². The summed E-state index contributed by atoms with van der Waals surface area (Å²) in [6.45, 7) is -0.0849. The highest BCUT2D eigenvalue weighted by Gasteiger charge is 2.33. The van der Waals surface area contributed by atoms with E-state index in [4.69, 9.17) is 12.2 Å². The zero-order valence-electron chi connectivity index (χ0n) is 14.3. The van der Waals surface area contributed by atoms with Gasteiger partial charge in [0.2, 0.25) is 11.8 Å². The van der Waals surface area contributed by atoms with E-state index in [9.17, 15) is 23.6 Å². The SMILES string of the molecule is O=C(CN1C(=O)C(=Cc2ccc(F)cc2)SC1=S)NCCN1C(=O)CSC1=O. The molecule has 4 amide bonds. The second-order valence-corrected chi connectivity index (χ2v) is 8.37. The van der Waals surface area contributed by atoms with Gasteiger partial charge in [0.15, 0.2) is 0 Å². The zero-order chi connectivity index (χ0) is 20.3. The Balaban J connectivity index is 1.53. The Bertz CT molecular complexity index is 872. The van der Waals surface area contributed by atoms with Crippen LogP contribution in [0.25, 0.3) is 6.08 Å². The van der Waals surface area contributed by atoms with E-state index in [1.807, 2.05) is 0 Å². The number of benzene rings is 1. The van der Waals surface area contributed by atoms with Crippen molar-refractivity contribution in [2.45, 2.75) is 0 Å². The Hall–Kier alpha value is -2.24. The van der Waals surface area contributed by atoms with E-state index < -0.39 is 11.8 Å². The average molecular weight is 440 g/mol. The molecule has 3 rings (SSSR count). The molecule has 2 aliphatic heterocycles. The molecule has 0 spiro atoms. The van der Waals surface area contributed by atoms with E-state index in [1.165, 1.54) is 29.2 Å². The molecule has 7 nitrogen and oxygen atoms in total. The van der Waals surface area contributed by atoms with Gasteiger partial charge in [-0.3, -0.25) is 29.0 Å². The summed E-state index contributed by atoms with van der Waals surface area (Å²) < 4.78 is 13.2. The molecule has 146 valence electrons. The van der Waals surface area contributed by atoms with Crippen molar-refractivity contribution in [1.29, 1.82) is 0 Å². The molecule has 11 heteroatoms. The van der Waals surface area contributed by atoms with Crippen molar-refractivity contribution < 1.29 is 23.6 Å². The van der Waals surface area contributed by atoms with E-state index >= 15 is 0 Å². The molecule has 0 radical (unpaired) electrons. The summed E-state index contributed by atoms with van der Waals surface area (Å²) in [5.41, 5.74) is 0.643. The average Bonchev–Trinajstić information content (AvgIpc) is 3.11. The van der Waals surface area contributed by atoms with Gasteiger partial charge < -0.3 is 5.32 Å². The first-order valence-corrected chi connectivity index (χ1v) is 10.3. The Kier molecular flexibility index (Phi) is 6.47. The van der Waals surface area contributed by atoms with Crippen LogP contribution in [-0.2, 0) is 14.4 Å². The van der Waals surface area contributed by atoms with Crippen LogP contribution in [0.3, 0.4) is 0 Å². The summed E-state index contributed by atoms with van der Waals surface area (Å²) in [6, 6.07) is 5.64. The molecular weight excluding hydrogens is 425 g/mol. The molecule has 2 saturated heterocycles. The van der Waals surface area contributed by atoms with Crippen LogP contribution in [-0.4, -0.2) is 62.5 Å². The van der Waals surface area contributed by atoms with Crippen molar-refractivity contribution >= 4 is 69.1 Å². The van der Waals surface area contributed by atoms with Crippen LogP contribution < -0.4 is 5.32 Å². The van der Waals surface area contributed by atoms with Crippen LogP contribution in [0.4, 0.5) is 9.18 Å². The van der Waals surface area contributed by atoms with Crippen LogP contribution in [0, 0.1) is 5.82 Å². The van der Waals surface area contributed by atoms with Crippen LogP contribution >= 0.6 is 35.7 Å². The number of nitrogens with one attached hydrogen (secondary N) is 1. The molecule has 0 bridgehead atoms. The fourth-order valence-corrected chi connectivity index (χ4v) is 4.46. The number of hydrogen-bond acceptors (Lipinski definition) is 7. The summed E-state index contributed by atoms with van der Waals surface area (Å²) in [4.78, 5) is 50.2. The monoisotopic (exact) mass is 439 g/mol. The maximum atomic E-state index is 13.0. The molecule has 0 atom stereocenters. The first-order valence-electron chi connectivity index (χ1n) is 8.10. The molecular formula is C17H14FN3O4S3.